The van der Waals surface area contributed by atoms with Crippen molar-refractivity contribution >= 4 is 16.6 Å². The Morgan fingerprint density at radius 2 is 2.07 bits per heavy atom. The number of rotatable bonds is 4. The van der Waals surface area contributed by atoms with Crippen LogP contribution in [0.5, 0.6) is 0 Å². The highest BCUT2D eigenvalue weighted by molar-refractivity contribution is 5.83. The van der Waals surface area contributed by atoms with Gasteiger partial charge in [0.05, 0.1) is 5.52 Å². The van der Waals surface area contributed by atoms with Crippen LogP contribution >= 0.6 is 0 Å². The van der Waals surface area contributed by atoms with Crippen LogP contribution in [0.25, 0.3) is 10.9 Å². The fraction of sp³-hybridized carbons (Fsp3) is 0.385. The quantitative estimate of drug-likeness (QED) is 0.597. The molecule has 0 spiro atoms. The number of fused-ring (bicyclic) bond motifs is 1. The summed E-state index contributed by atoms with van der Waals surface area (Å²) in [6, 6.07) is 8.25. The highest BCUT2D eigenvalue weighted by Gasteiger charge is 2.00. The molecule has 2 heteroatoms. The molecule has 2 aromatic rings. The third kappa shape index (κ3) is 2.14. The SMILES string of the molecule is CCCCCn1ccc2ccc(N)cc21. The number of nitrogens with two attached hydrogens (primary N) is 1. The van der Waals surface area contributed by atoms with Gasteiger partial charge in [-0.15, -0.1) is 0 Å². The van der Waals surface area contributed by atoms with Gasteiger partial charge in [0.25, 0.3) is 0 Å². The van der Waals surface area contributed by atoms with Crippen molar-refractivity contribution in [1.29, 1.82) is 0 Å². The smallest absolute Gasteiger partial charge is 0.0500 e. The maximum absolute atomic E-state index is 5.79. The highest BCUT2D eigenvalue weighted by Crippen LogP contribution is 2.19. The van der Waals surface area contributed by atoms with Gasteiger partial charge in [0, 0.05) is 18.4 Å². The van der Waals surface area contributed by atoms with Crippen molar-refractivity contribution < 1.29 is 0 Å². The number of aryl methyl sites for hydroxylation is 1. The third-order valence-electron chi connectivity index (χ3n) is 2.80. The van der Waals surface area contributed by atoms with Gasteiger partial charge >= 0.3 is 0 Å². The number of hydrogen-bond acceptors (Lipinski definition) is 1. The zero-order chi connectivity index (χ0) is 10.7. The van der Waals surface area contributed by atoms with Crippen molar-refractivity contribution in [2.75, 3.05) is 5.73 Å². The molecule has 1 aromatic heterocycles. The van der Waals surface area contributed by atoms with Gasteiger partial charge in [-0.1, -0.05) is 25.8 Å². The lowest BCUT2D eigenvalue weighted by Gasteiger charge is -2.05. The fourth-order valence-corrected chi connectivity index (χ4v) is 1.93. The van der Waals surface area contributed by atoms with Gasteiger partial charge in [0.2, 0.25) is 0 Å². The first-order chi connectivity index (χ1) is 7.31. The molecule has 0 aliphatic heterocycles. The first-order valence-corrected chi connectivity index (χ1v) is 5.65. The second-order valence-corrected chi connectivity index (χ2v) is 4.03. The molecule has 0 bridgehead atoms. The van der Waals surface area contributed by atoms with E-state index in [2.05, 4.69) is 35.9 Å². The summed E-state index contributed by atoms with van der Waals surface area (Å²) in [5, 5.41) is 1.28. The second kappa shape index (κ2) is 4.39. The van der Waals surface area contributed by atoms with Gasteiger partial charge < -0.3 is 10.3 Å². The van der Waals surface area contributed by atoms with Gasteiger partial charge in [-0.05, 0) is 30.0 Å². The Morgan fingerprint density at radius 1 is 1.20 bits per heavy atom. The normalized spacial score (nSPS) is 11.0. The predicted octanol–water partition coefficient (Wildman–Crippen LogP) is 3.41. The van der Waals surface area contributed by atoms with Crippen LogP contribution in [0.4, 0.5) is 5.69 Å². The molecule has 2 N–H and O–H groups in total. The van der Waals surface area contributed by atoms with Crippen LogP contribution in [-0.4, -0.2) is 4.57 Å². The van der Waals surface area contributed by atoms with E-state index in [9.17, 15) is 0 Å². The Hall–Kier alpha value is -1.44. The fourth-order valence-electron chi connectivity index (χ4n) is 1.93. The van der Waals surface area contributed by atoms with Crippen molar-refractivity contribution in [1.82, 2.24) is 4.57 Å². The first kappa shape index (κ1) is 10.1. The standard InChI is InChI=1S/C13H18N2/c1-2-3-4-8-15-9-7-11-5-6-12(14)10-13(11)15/h5-7,9-10H,2-4,8,14H2,1H3. The number of benzene rings is 1. The molecule has 2 nitrogen and oxygen atoms in total. The maximum Gasteiger partial charge on any atom is 0.0500 e. The third-order valence-corrected chi connectivity index (χ3v) is 2.80. The molecule has 15 heavy (non-hydrogen) atoms. The lowest BCUT2D eigenvalue weighted by Crippen LogP contribution is -1.96. The average molecular weight is 202 g/mol. The summed E-state index contributed by atoms with van der Waals surface area (Å²) < 4.78 is 2.29. The molecule has 80 valence electrons. The van der Waals surface area contributed by atoms with Gasteiger partial charge in [0.15, 0.2) is 0 Å². The van der Waals surface area contributed by atoms with E-state index in [1.54, 1.807) is 0 Å². The van der Waals surface area contributed by atoms with Crippen LogP contribution in [0.15, 0.2) is 30.5 Å². The molecular formula is C13H18N2. The summed E-state index contributed by atoms with van der Waals surface area (Å²) >= 11 is 0. The maximum atomic E-state index is 5.79. The van der Waals surface area contributed by atoms with E-state index in [-0.39, 0.29) is 0 Å². The minimum Gasteiger partial charge on any atom is -0.399 e. The van der Waals surface area contributed by atoms with Crippen LogP contribution in [-0.2, 0) is 6.54 Å². The Balaban J connectivity index is 2.23. The van der Waals surface area contributed by atoms with E-state index in [1.165, 1.54) is 30.2 Å². The summed E-state index contributed by atoms with van der Waals surface area (Å²) in [6.45, 7) is 3.33. The number of aromatic nitrogens is 1. The van der Waals surface area contributed by atoms with E-state index in [4.69, 9.17) is 5.73 Å². The van der Waals surface area contributed by atoms with Crippen molar-refractivity contribution in [3.63, 3.8) is 0 Å². The summed E-state index contributed by atoms with van der Waals surface area (Å²) in [6.07, 6.45) is 5.96. The van der Waals surface area contributed by atoms with E-state index >= 15 is 0 Å². The van der Waals surface area contributed by atoms with Gasteiger partial charge in [0.1, 0.15) is 0 Å². The molecule has 0 fully saturated rings. The molecule has 0 aliphatic carbocycles. The molecule has 0 saturated carbocycles. The molecule has 0 saturated heterocycles. The number of nitrogens with zero attached hydrogens (tertiary/aromatic N) is 1. The van der Waals surface area contributed by atoms with Crippen LogP contribution < -0.4 is 5.73 Å². The van der Waals surface area contributed by atoms with Gasteiger partial charge in [-0.2, -0.15) is 0 Å². The minimum atomic E-state index is 0.845. The Morgan fingerprint density at radius 3 is 2.87 bits per heavy atom. The molecule has 0 amide bonds. The van der Waals surface area contributed by atoms with Crippen molar-refractivity contribution in [2.45, 2.75) is 32.7 Å². The largest absolute Gasteiger partial charge is 0.399 e. The molecular weight excluding hydrogens is 184 g/mol. The number of unbranched alkanes of at least 4 members (excludes halogenated alkanes) is 2. The zero-order valence-corrected chi connectivity index (χ0v) is 9.24. The Bertz CT molecular complexity index is 443. The van der Waals surface area contributed by atoms with E-state index in [1.807, 2.05) is 6.07 Å². The number of anilines is 1. The van der Waals surface area contributed by atoms with Crippen molar-refractivity contribution in [2.24, 2.45) is 0 Å². The lowest BCUT2D eigenvalue weighted by atomic mass is 10.2. The molecule has 0 atom stereocenters. The topological polar surface area (TPSA) is 30.9 Å². The molecule has 0 unspecified atom stereocenters. The number of hydrogen-bond donors (Lipinski definition) is 1. The Labute approximate surface area is 90.7 Å². The molecule has 1 heterocycles. The Kier molecular flexibility index (Phi) is 2.95. The van der Waals surface area contributed by atoms with Gasteiger partial charge in [-0.25, -0.2) is 0 Å². The summed E-state index contributed by atoms with van der Waals surface area (Å²) in [4.78, 5) is 0. The molecule has 0 aliphatic rings. The highest BCUT2D eigenvalue weighted by atomic mass is 14.9. The van der Waals surface area contributed by atoms with Crippen LogP contribution in [0.1, 0.15) is 26.2 Å². The van der Waals surface area contributed by atoms with Crippen molar-refractivity contribution in [3.8, 4) is 0 Å². The van der Waals surface area contributed by atoms with Crippen molar-refractivity contribution in [3.05, 3.63) is 30.5 Å². The van der Waals surface area contributed by atoms with Crippen LogP contribution in [0, 0.1) is 0 Å². The summed E-state index contributed by atoms with van der Waals surface area (Å²) in [5.41, 5.74) is 7.89. The first-order valence-electron chi connectivity index (χ1n) is 5.65. The summed E-state index contributed by atoms with van der Waals surface area (Å²) in [7, 11) is 0. The molecule has 0 radical (unpaired) electrons. The molecule has 1 aromatic carbocycles. The summed E-state index contributed by atoms with van der Waals surface area (Å²) in [5.74, 6) is 0. The lowest BCUT2D eigenvalue weighted by molar-refractivity contribution is 0.616. The van der Waals surface area contributed by atoms with Crippen LogP contribution in [0.2, 0.25) is 0 Å². The van der Waals surface area contributed by atoms with Gasteiger partial charge in [-0.3, -0.25) is 0 Å². The average Bonchev–Trinajstić information content (AvgIpc) is 2.62. The van der Waals surface area contributed by atoms with E-state index in [0.29, 0.717) is 0 Å². The molecule has 2 rings (SSSR count). The predicted molar refractivity (Wildman–Crippen MR) is 65.9 cm³/mol. The monoisotopic (exact) mass is 202 g/mol. The minimum absolute atomic E-state index is 0.845. The number of nitrogen functional groups attached to an aromatic ring is 1. The van der Waals surface area contributed by atoms with E-state index in [0.717, 1.165) is 12.2 Å². The van der Waals surface area contributed by atoms with E-state index < -0.39 is 0 Å². The van der Waals surface area contributed by atoms with Crippen LogP contribution in [0.3, 0.4) is 0 Å². The zero-order valence-electron chi connectivity index (χ0n) is 9.24. The second-order valence-electron chi connectivity index (χ2n) is 4.03.